The Balaban J connectivity index is 1.72. The first-order chi connectivity index (χ1) is 13.9. The second kappa shape index (κ2) is 8.22. The monoisotopic (exact) mass is 445 g/mol. The zero-order valence-corrected chi connectivity index (χ0v) is 17.8. The molecule has 0 radical (unpaired) electrons. The number of nitrogens with zero attached hydrogens (tertiary/aromatic N) is 2. The highest BCUT2D eigenvalue weighted by Gasteiger charge is 2.32. The van der Waals surface area contributed by atoms with Gasteiger partial charge in [-0.2, -0.15) is 4.98 Å². The van der Waals surface area contributed by atoms with E-state index >= 15 is 0 Å². The number of fused-ring (bicyclic) bond motifs is 1. The lowest BCUT2D eigenvalue weighted by Gasteiger charge is -2.27. The van der Waals surface area contributed by atoms with Gasteiger partial charge in [0.2, 0.25) is 5.91 Å². The van der Waals surface area contributed by atoms with Gasteiger partial charge in [0.15, 0.2) is 5.16 Å². The lowest BCUT2D eigenvalue weighted by molar-refractivity contribution is -0.116. The summed E-state index contributed by atoms with van der Waals surface area (Å²) in [4.78, 5) is 29.6. The Bertz CT molecular complexity index is 1160. The van der Waals surface area contributed by atoms with Crippen molar-refractivity contribution in [3.63, 3.8) is 0 Å². The van der Waals surface area contributed by atoms with Gasteiger partial charge in [0.05, 0.1) is 5.56 Å². The molecule has 0 saturated carbocycles. The van der Waals surface area contributed by atoms with Gasteiger partial charge >= 0.3 is 0 Å². The summed E-state index contributed by atoms with van der Waals surface area (Å²) in [7, 11) is 1.80. The summed E-state index contributed by atoms with van der Waals surface area (Å²) in [6.45, 7) is 0. The van der Waals surface area contributed by atoms with Crippen LogP contribution in [0.15, 0.2) is 58.5 Å². The minimum absolute atomic E-state index is 0.144. The molecule has 1 aliphatic rings. The topological polar surface area (TPSA) is 64.0 Å². The summed E-state index contributed by atoms with van der Waals surface area (Å²) in [5, 5.41) is 4.60. The van der Waals surface area contributed by atoms with Crippen molar-refractivity contribution in [2.75, 3.05) is 5.32 Å². The number of thioether (sulfide) groups is 1. The third kappa shape index (κ3) is 4.20. The van der Waals surface area contributed by atoms with Gasteiger partial charge in [0, 0.05) is 35.2 Å². The average molecular weight is 446 g/mol. The first-order valence-corrected chi connectivity index (χ1v) is 10.7. The maximum absolute atomic E-state index is 12.9. The van der Waals surface area contributed by atoms with Crippen molar-refractivity contribution >= 4 is 46.7 Å². The van der Waals surface area contributed by atoms with Crippen LogP contribution in [0.2, 0.25) is 10.0 Å². The van der Waals surface area contributed by atoms with E-state index in [0.717, 1.165) is 11.1 Å². The molecule has 29 heavy (non-hydrogen) atoms. The molecule has 1 unspecified atom stereocenters. The fourth-order valence-corrected chi connectivity index (χ4v) is 4.77. The summed E-state index contributed by atoms with van der Waals surface area (Å²) in [5.74, 6) is 0.565. The van der Waals surface area contributed by atoms with Crippen LogP contribution >= 0.6 is 35.0 Å². The van der Waals surface area contributed by atoms with Gasteiger partial charge < -0.3 is 9.88 Å². The molecule has 0 fully saturated rings. The molecular weight excluding hydrogens is 429 g/mol. The number of hydrogen-bond donors (Lipinski definition) is 1. The minimum Gasteiger partial charge on any atom is -0.312 e. The van der Waals surface area contributed by atoms with Crippen molar-refractivity contribution in [1.82, 2.24) is 9.55 Å². The molecule has 0 bridgehead atoms. The van der Waals surface area contributed by atoms with Crippen LogP contribution in [0.25, 0.3) is 0 Å². The lowest BCUT2D eigenvalue weighted by Crippen LogP contribution is -2.33. The Kier molecular flexibility index (Phi) is 5.67. The summed E-state index contributed by atoms with van der Waals surface area (Å²) in [6, 6.07) is 14.8. The molecule has 3 aromatic rings. The molecule has 5 nitrogen and oxygen atoms in total. The van der Waals surface area contributed by atoms with Crippen LogP contribution in [0, 0.1) is 0 Å². The van der Waals surface area contributed by atoms with E-state index in [2.05, 4.69) is 10.3 Å². The number of aromatic nitrogens is 2. The summed E-state index contributed by atoms with van der Waals surface area (Å²) in [6.07, 6.45) is 0.180. The van der Waals surface area contributed by atoms with Gasteiger partial charge in [-0.15, -0.1) is 0 Å². The molecule has 0 aliphatic carbocycles. The number of halogens is 2. The number of carbonyl (C=O) groups is 1. The van der Waals surface area contributed by atoms with Gasteiger partial charge in [0.1, 0.15) is 5.82 Å². The smallest absolute Gasteiger partial charge is 0.279 e. The Labute approximate surface area is 182 Å². The van der Waals surface area contributed by atoms with Gasteiger partial charge in [-0.05, 0) is 35.4 Å². The summed E-state index contributed by atoms with van der Waals surface area (Å²) >= 11 is 13.6. The molecule has 148 valence electrons. The molecule has 2 aromatic carbocycles. The van der Waals surface area contributed by atoms with Gasteiger partial charge in [0.25, 0.3) is 5.56 Å². The van der Waals surface area contributed by atoms with E-state index in [4.69, 9.17) is 23.2 Å². The van der Waals surface area contributed by atoms with Crippen molar-refractivity contribution in [3.05, 3.63) is 85.6 Å². The second-order valence-corrected chi connectivity index (χ2v) is 8.61. The van der Waals surface area contributed by atoms with Crippen LogP contribution in [0.4, 0.5) is 5.82 Å². The maximum Gasteiger partial charge on any atom is 0.279 e. The summed E-state index contributed by atoms with van der Waals surface area (Å²) in [5.41, 5.74) is 2.00. The zero-order chi connectivity index (χ0) is 20.5. The van der Waals surface area contributed by atoms with Crippen LogP contribution in [0.3, 0.4) is 0 Å². The number of benzene rings is 2. The predicted octanol–water partition coefficient (Wildman–Crippen LogP) is 4.85. The molecule has 2 heterocycles. The zero-order valence-electron chi connectivity index (χ0n) is 15.5. The van der Waals surface area contributed by atoms with Crippen molar-refractivity contribution in [3.8, 4) is 0 Å². The highest BCUT2D eigenvalue weighted by Crippen LogP contribution is 2.36. The summed E-state index contributed by atoms with van der Waals surface area (Å²) < 4.78 is 1.76. The molecule has 0 spiro atoms. The molecule has 1 amide bonds. The van der Waals surface area contributed by atoms with Crippen LogP contribution in [-0.2, 0) is 17.6 Å². The van der Waals surface area contributed by atoms with Crippen molar-refractivity contribution in [2.45, 2.75) is 23.2 Å². The molecule has 1 aromatic heterocycles. The van der Waals surface area contributed by atoms with E-state index in [9.17, 15) is 9.59 Å². The molecular formula is C21H17Cl2N3O2S. The Morgan fingerprint density at radius 3 is 2.59 bits per heavy atom. The fraction of sp³-hybridized carbons (Fsp3) is 0.190. The highest BCUT2D eigenvalue weighted by atomic mass is 35.5. The highest BCUT2D eigenvalue weighted by molar-refractivity contribution is 7.98. The molecule has 8 heteroatoms. The molecule has 1 atom stereocenters. The Morgan fingerprint density at radius 1 is 1.14 bits per heavy atom. The van der Waals surface area contributed by atoms with Crippen LogP contribution in [0.5, 0.6) is 0 Å². The van der Waals surface area contributed by atoms with E-state index in [1.165, 1.54) is 11.8 Å². The first kappa shape index (κ1) is 20.0. The maximum atomic E-state index is 12.9. The van der Waals surface area contributed by atoms with E-state index in [1.807, 2.05) is 36.4 Å². The van der Waals surface area contributed by atoms with Crippen molar-refractivity contribution < 1.29 is 4.79 Å². The van der Waals surface area contributed by atoms with Gasteiger partial charge in [-0.1, -0.05) is 59.2 Å². The first-order valence-electron chi connectivity index (χ1n) is 8.96. The van der Waals surface area contributed by atoms with Crippen molar-refractivity contribution in [2.24, 2.45) is 7.05 Å². The Morgan fingerprint density at radius 2 is 1.86 bits per heavy atom. The van der Waals surface area contributed by atoms with Gasteiger partial charge in [-0.25, -0.2) is 0 Å². The third-order valence-electron chi connectivity index (χ3n) is 4.81. The quantitative estimate of drug-likeness (QED) is 0.460. The van der Waals surface area contributed by atoms with Crippen molar-refractivity contribution in [1.29, 1.82) is 0 Å². The number of anilines is 1. The third-order valence-corrected chi connectivity index (χ3v) is 6.38. The molecule has 4 rings (SSSR count). The van der Waals surface area contributed by atoms with Crippen LogP contribution < -0.4 is 10.9 Å². The second-order valence-electron chi connectivity index (χ2n) is 6.80. The van der Waals surface area contributed by atoms with E-state index < -0.39 is 0 Å². The van der Waals surface area contributed by atoms with E-state index in [1.54, 1.807) is 23.7 Å². The number of nitrogens with one attached hydrogen (secondary N) is 1. The molecule has 1 N–H and O–H groups in total. The predicted molar refractivity (Wildman–Crippen MR) is 117 cm³/mol. The van der Waals surface area contributed by atoms with Crippen LogP contribution in [-0.4, -0.2) is 15.5 Å². The molecule has 1 aliphatic heterocycles. The standard InChI is InChI=1S/C21H17Cl2N3O2S/c1-26-19-18(16(10-17(27)24-19)13-5-3-7-15(23)9-13)20(28)25-21(26)29-11-12-4-2-6-14(22)8-12/h2-9,16H,10-11H2,1H3,(H,24,27). The fourth-order valence-electron chi connectivity index (χ4n) is 3.45. The van der Waals surface area contributed by atoms with Crippen LogP contribution in [0.1, 0.15) is 29.0 Å². The number of carbonyl (C=O) groups excluding carboxylic acids is 1. The van der Waals surface area contributed by atoms with E-state index in [-0.39, 0.29) is 23.8 Å². The number of rotatable bonds is 4. The number of hydrogen-bond acceptors (Lipinski definition) is 4. The Hall–Kier alpha value is -2.28. The largest absolute Gasteiger partial charge is 0.312 e. The normalized spacial score (nSPS) is 15.7. The van der Waals surface area contributed by atoms with Gasteiger partial charge in [-0.3, -0.25) is 9.59 Å². The van der Waals surface area contributed by atoms with E-state index in [0.29, 0.717) is 32.3 Å². The lowest BCUT2D eigenvalue weighted by atomic mass is 9.87. The average Bonchev–Trinajstić information content (AvgIpc) is 2.69. The minimum atomic E-state index is -0.379. The number of amides is 1. The SMILES string of the molecule is Cn1c(SCc2cccc(Cl)c2)nc(=O)c2c1NC(=O)CC2c1cccc(Cl)c1. The molecule has 0 saturated heterocycles.